The molecule has 0 spiro atoms. The normalized spacial score (nSPS) is 12.1. The molecule has 146 valence electrons. The van der Waals surface area contributed by atoms with Crippen molar-refractivity contribution in [1.29, 1.82) is 0 Å². The van der Waals surface area contributed by atoms with Gasteiger partial charge in [-0.25, -0.2) is 4.39 Å². The number of amides is 1. The molecular formula is C25H23FN2O. The molecule has 0 aliphatic rings. The average Bonchev–Trinajstić information content (AvgIpc) is 3.09. The number of fused-ring (bicyclic) bond motifs is 1. The van der Waals surface area contributed by atoms with Crippen molar-refractivity contribution < 1.29 is 9.18 Å². The Morgan fingerprint density at radius 3 is 2.41 bits per heavy atom. The summed E-state index contributed by atoms with van der Waals surface area (Å²) in [6.45, 7) is 0.491. The first-order chi connectivity index (χ1) is 14.1. The molecule has 1 amide bonds. The van der Waals surface area contributed by atoms with E-state index >= 15 is 0 Å². The quantitative estimate of drug-likeness (QED) is 0.488. The van der Waals surface area contributed by atoms with Gasteiger partial charge in [-0.05, 0) is 34.9 Å². The molecule has 29 heavy (non-hydrogen) atoms. The summed E-state index contributed by atoms with van der Waals surface area (Å²) in [5.74, 6) is -0.465. The number of para-hydroxylation sites is 1. The van der Waals surface area contributed by atoms with Crippen LogP contribution in [0.15, 0.2) is 85.1 Å². The minimum Gasteiger partial charge on any atom is -0.352 e. The van der Waals surface area contributed by atoms with E-state index in [2.05, 4.69) is 28.2 Å². The molecule has 1 N–H and O–H groups in total. The number of halogens is 1. The molecule has 4 heteroatoms. The molecule has 0 radical (unpaired) electrons. The zero-order valence-electron chi connectivity index (χ0n) is 16.3. The summed E-state index contributed by atoms with van der Waals surface area (Å²) >= 11 is 0. The zero-order chi connectivity index (χ0) is 20.2. The number of hydrogen-bond acceptors (Lipinski definition) is 1. The van der Waals surface area contributed by atoms with Crippen molar-refractivity contribution in [1.82, 2.24) is 9.88 Å². The fourth-order valence-electron chi connectivity index (χ4n) is 3.81. The first kappa shape index (κ1) is 18.9. The Kier molecular flexibility index (Phi) is 5.43. The topological polar surface area (TPSA) is 34.0 Å². The maximum absolute atomic E-state index is 13.5. The molecule has 0 saturated carbocycles. The molecule has 0 aliphatic heterocycles. The fourth-order valence-corrected chi connectivity index (χ4v) is 3.81. The average molecular weight is 386 g/mol. The maximum atomic E-state index is 13.5. The number of aryl methyl sites for hydroxylation is 1. The van der Waals surface area contributed by atoms with Crippen LogP contribution < -0.4 is 5.32 Å². The predicted octanol–water partition coefficient (Wildman–Crippen LogP) is 5.16. The fraction of sp³-hybridized carbons (Fsp3) is 0.160. The molecule has 1 heterocycles. The SMILES string of the molecule is Cn1cc([C@H](CC(=O)NCc2ccccc2)c2ccc(F)cc2)c2ccccc21. The van der Waals surface area contributed by atoms with E-state index in [1.54, 1.807) is 12.1 Å². The lowest BCUT2D eigenvalue weighted by Gasteiger charge is -2.17. The van der Waals surface area contributed by atoms with Crippen molar-refractivity contribution in [2.45, 2.75) is 18.9 Å². The van der Waals surface area contributed by atoms with Crippen molar-refractivity contribution >= 4 is 16.8 Å². The number of nitrogens with zero attached hydrogens (tertiary/aromatic N) is 1. The lowest BCUT2D eigenvalue weighted by molar-refractivity contribution is -0.121. The molecule has 0 aliphatic carbocycles. The third kappa shape index (κ3) is 4.21. The molecule has 0 saturated heterocycles. The minimum absolute atomic E-state index is 0.0314. The number of carbonyl (C=O) groups is 1. The van der Waals surface area contributed by atoms with E-state index in [0.717, 1.165) is 27.6 Å². The third-order valence-electron chi connectivity index (χ3n) is 5.30. The maximum Gasteiger partial charge on any atom is 0.221 e. The molecule has 1 atom stereocenters. The Bertz CT molecular complexity index is 1120. The smallest absolute Gasteiger partial charge is 0.221 e. The van der Waals surface area contributed by atoms with E-state index in [-0.39, 0.29) is 17.6 Å². The number of carbonyl (C=O) groups excluding carboxylic acids is 1. The van der Waals surface area contributed by atoms with E-state index in [1.807, 2.05) is 49.5 Å². The minimum atomic E-state index is -0.279. The summed E-state index contributed by atoms with van der Waals surface area (Å²) in [5, 5.41) is 4.13. The van der Waals surface area contributed by atoms with E-state index in [4.69, 9.17) is 0 Å². The second kappa shape index (κ2) is 8.31. The molecule has 0 bridgehead atoms. The van der Waals surface area contributed by atoms with Crippen LogP contribution in [0.5, 0.6) is 0 Å². The van der Waals surface area contributed by atoms with Gasteiger partial charge in [0.25, 0.3) is 0 Å². The van der Waals surface area contributed by atoms with Gasteiger partial charge in [0.2, 0.25) is 5.91 Å². The molecule has 3 aromatic carbocycles. The number of benzene rings is 3. The van der Waals surface area contributed by atoms with E-state index < -0.39 is 0 Å². The first-order valence-electron chi connectivity index (χ1n) is 9.72. The summed E-state index contributed by atoms with van der Waals surface area (Å²) in [6, 6.07) is 24.4. The van der Waals surface area contributed by atoms with Gasteiger partial charge in [0.15, 0.2) is 0 Å². The molecule has 3 nitrogen and oxygen atoms in total. The number of nitrogens with one attached hydrogen (secondary N) is 1. The van der Waals surface area contributed by atoms with Crippen LogP contribution in [0.1, 0.15) is 29.0 Å². The second-order valence-electron chi connectivity index (χ2n) is 7.28. The zero-order valence-corrected chi connectivity index (χ0v) is 16.3. The highest BCUT2D eigenvalue weighted by molar-refractivity contribution is 5.86. The van der Waals surface area contributed by atoms with Crippen LogP contribution in [0.25, 0.3) is 10.9 Å². The van der Waals surface area contributed by atoms with Gasteiger partial charge in [-0.2, -0.15) is 0 Å². The molecule has 0 fully saturated rings. The second-order valence-corrected chi connectivity index (χ2v) is 7.28. The van der Waals surface area contributed by atoms with Crippen molar-refractivity contribution in [3.63, 3.8) is 0 Å². The van der Waals surface area contributed by atoms with Gasteiger partial charge in [0.1, 0.15) is 5.82 Å². The van der Waals surface area contributed by atoms with Crippen LogP contribution in [0.4, 0.5) is 4.39 Å². The Morgan fingerprint density at radius 1 is 0.966 bits per heavy atom. The van der Waals surface area contributed by atoms with Crippen LogP contribution >= 0.6 is 0 Å². The van der Waals surface area contributed by atoms with Crippen LogP contribution in [-0.2, 0) is 18.4 Å². The molecule has 4 aromatic rings. The van der Waals surface area contributed by atoms with Gasteiger partial charge in [-0.1, -0.05) is 60.7 Å². The third-order valence-corrected chi connectivity index (χ3v) is 5.30. The lowest BCUT2D eigenvalue weighted by Crippen LogP contribution is -2.25. The monoisotopic (exact) mass is 386 g/mol. The summed E-state index contributed by atoms with van der Waals surface area (Å²) in [4.78, 5) is 12.8. The Balaban J connectivity index is 1.63. The Morgan fingerprint density at radius 2 is 1.66 bits per heavy atom. The van der Waals surface area contributed by atoms with Crippen molar-refractivity contribution in [2.24, 2.45) is 7.05 Å². The van der Waals surface area contributed by atoms with Crippen molar-refractivity contribution in [3.05, 3.63) is 108 Å². The van der Waals surface area contributed by atoms with Crippen LogP contribution in [0.2, 0.25) is 0 Å². The standard InChI is InChI=1S/C25H23FN2O/c1-28-17-23(21-9-5-6-10-24(21)28)22(19-11-13-20(26)14-12-19)15-25(29)27-16-18-7-3-2-4-8-18/h2-14,17,22H,15-16H2,1H3,(H,27,29)/t22-/m1/s1. The molecule has 4 rings (SSSR count). The van der Waals surface area contributed by atoms with Crippen molar-refractivity contribution in [3.8, 4) is 0 Å². The largest absolute Gasteiger partial charge is 0.352 e. The van der Waals surface area contributed by atoms with Gasteiger partial charge in [-0.3, -0.25) is 4.79 Å². The summed E-state index contributed by atoms with van der Waals surface area (Å²) in [6.07, 6.45) is 2.37. The number of aromatic nitrogens is 1. The Labute approximate surface area is 169 Å². The van der Waals surface area contributed by atoms with Crippen LogP contribution in [-0.4, -0.2) is 10.5 Å². The van der Waals surface area contributed by atoms with Crippen molar-refractivity contribution in [2.75, 3.05) is 0 Å². The molecule has 1 aromatic heterocycles. The van der Waals surface area contributed by atoms with Crippen LogP contribution in [0, 0.1) is 5.82 Å². The van der Waals surface area contributed by atoms with E-state index in [0.29, 0.717) is 13.0 Å². The molecule has 0 unspecified atom stereocenters. The lowest BCUT2D eigenvalue weighted by atomic mass is 9.88. The predicted molar refractivity (Wildman–Crippen MR) is 114 cm³/mol. The highest BCUT2D eigenvalue weighted by Crippen LogP contribution is 2.34. The first-order valence-corrected chi connectivity index (χ1v) is 9.72. The number of hydrogen-bond donors (Lipinski definition) is 1. The van der Waals surface area contributed by atoms with Gasteiger partial charge in [0, 0.05) is 43.0 Å². The summed E-state index contributed by atoms with van der Waals surface area (Å²) in [5.41, 5.74) is 4.17. The summed E-state index contributed by atoms with van der Waals surface area (Å²) in [7, 11) is 2.00. The molecular weight excluding hydrogens is 363 g/mol. The van der Waals surface area contributed by atoms with Gasteiger partial charge >= 0.3 is 0 Å². The van der Waals surface area contributed by atoms with Crippen LogP contribution in [0.3, 0.4) is 0 Å². The highest BCUT2D eigenvalue weighted by atomic mass is 19.1. The number of rotatable bonds is 6. The van der Waals surface area contributed by atoms with Gasteiger partial charge in [0.05, 0.1) is 0 Å². The van der Waals surface area contributed by atoms with Gasteiger partial charge in [-0.15, -0.1) is 0 Å². The van der Waals surface area contributed by atoms with E-state index in [1.165, 1.54) is 12.1 Å². The Hall–Kier alpha value is -3.40. The van der Waals surface area contributed by atoms with E-state index in [9.17, 15) is 9.18 Å². The van der Waals surface area contributed by atoms with Gasteiger partial charge < -0.3 is 9.88 Å². The summed E-state index contributed by atoms with van der Waals surface area (Å²) < 4.78 is 15.6. The highest BCUT2D eigenvalue weighted by Gasteiger charge is 2.22.